The number of aromatic nitrogens is 4. The van der Waals surface area contributed by atoms with E-state index in [1.54, 1.807) is 36.7 Å². The fraction of sp³-hybridized carbons (Fsp3) is 0.419. The number of fused-ring (bicyclic) bond motifs is 1. The minimum Gasteiger partial charge on any atom is -0.392 e. The molecule has 236 valence electrons. The first kappa shape index (κ1) is 33.1. The van der Waals surface area contributed by atoms with Crippen LogP contribution in [0.2, 0.25) is 5.02 Å². The second kappa shape index (κ2) is 15.2. The summed E-state index contributed by atoms with van der Waals surface area (Å²) in [5, 5.41) is 14.3. The number of hydrogen-bond donors (Lipinski definition) is 6. The number of hydrogen-bond acceptors (Lipinski definition) is 7. The highest BCUT2D eigenvalue weighted by molar-refractivity contribution is 6.31. The quantitative estimate of drug-likeness (QED) is 0.0653. The number of nitrogens with zero attached hydrogens (tertiary/aromatic N) is 4. The zero-order chi connectivity index (χ0) is 31.8. The van der Waals surface area contributed by atoms with Crippen molar-refractivity contribution in [3.63, 3.8) is 0 Å². The molecule has 0 bridgehead atoms. The van der Waals surface area contributed by atoms with E-state index in [-0.39, 0.29) is 29.7 Å². The van der Waals surface area contributed by atoms with E-state index in [9.17, 15) is 9.90 Å². The van der Waals surface area contributed by atoms with Crippen molar-refractivity contribution in [3.8, 4) is 16.9 Å². The molecule has 44 heavy (non-hydrogen) atoms. The molecule has 0 aliphatic rings. The zero-order valence-corrected chi connectivity index (χ0v) is 25.9. The van der Waals surface area contributed by atoms with Gasteiger partial charge in [0.15, 0.2) is 11.8 Å². The summed E-state index contributed by atoms with van der Waals surface area (Å²) in [5.41, 5.74) is 19.8. The fourth-order valence-corrected chi connectivity index (χ4v) is 5.45. The van der Waals surface area contributed by atoms with Crippen molar-refractivity contribution >= 4 is 28.6 Å². The third-order valence-corrected chi connectivity index (χ3v) is 7.65. The molecule has 13 heteroatoms. The van der Waals surface area contributed by atoms with E-state index in [1.807, 2.05) is 6.92 Å². The average molecular weight is 626 g/mol. The number of aliphatic hydroxyl groups is 1. The maximum absolute atomic E-state index is 15.1. The molecule has 2 atom stereocenters. The number of aryl methyl sites for hydroxylation is 1. The van der Waals surface area contributed by atoms with Gasteiger partial charge >= 0.3 is 5.69 Å². The van der Waals surface area contributed by atoms with Crippen molar-refractivity contribution in [3.05, 3.63) is 74.8 Å². The number of aliphatic hydroxyl groups excluding tert-OH is 1. The zero-order valence-electron chi connectivity index (χ0n) is 25.1. The van der Waals surface area contributed by atoms with Gasteiger partial charge in [-0.25, -0.2) is 9.18 Å². The number of benzene rings is 1. The number of halogens is 2. The van der Waals surface area contributed by atoms with Crippen LogP contribution in [-0.2, 0) is 13.0 Å². The van der Waals surface area contributed by atoms with Crippen molar-refractivity contribution in [2.75, 3.05) is 13.1 Å². The van der Waals surface area contributed by atoms with Gasteiger partial charge in [-0.15, -0.1) is 0 Å². The lowest BCUT2D eigenvalue weighted by molar-refractivity contribution is 0.277. The largest absolute Gasteiger partial charge is 0.392 e. The lowest BCUT2D eigenvalue weighted by atomic mass is 10.0. The molecule has 0 saturated heterocycles. The molecule has 2 unspecified atom stereocenters. The molecule has 0 amide bonds. The summed E-state index contributed by atoms with van der Waals surface area (Å²) in [6, 6.07) is 6.85. The van der Waals surface area contributed by atoms with Crippen LogP contribution in [0.15, 0.2) is 46.4 Å². The maximum atomic E-state index is 15.1. The standard InChI is InChI=1S/C31H41ClFN9O2/c1-3-6-25(37-9-5-10-38-30(35)36)28-21(17-43)13-22(15-39-28)42-16-20-14-26(40-29(20)41-31(42)44)23-11-19(8-4-7-18(2)34)12-24(32)27(23)33/h11-16,18,25,37,43H,3-10,17,34H2,1-2H3,(H4,35,36,38)(H,40,41,44). The number of nitrogens with two attached hydrogens (primary N) is 3. The van der Waals surface area contributed by atoms with Crippen molar-refractivity contribution in [1.29, 1.82) is 0 Å². The van der Waals surface area contributed by atoms with Gasteiger partial charge in [0.25, 0.3) is 0 Å². The Hall–Kier alpha value is -3.84. The lowest BCUT2D eigenvalue weighted by Gasteiger charge is -2.21. The van der Waals surface area contributed by atoms with Gasteiger partial charge in [0.2, 0.25) is 0 Å². The predicted octanol–water partition coefficient (Wildman–Crippen LogP) is 3.82. The number of pyridine rings is 1. The van der Waals surface area contributed by atoms with Crippen LogP contribution >= 0.6 is 11.6 Å². The molecule has 0 saturated carbocycles. The Kier molecular flexibility index (Phi) is 11.5. The van der Waals surface area contributed by atoms with E-state index in [2.05, 4.69) is 32.2 Å². The number of nitrogens with one attached hydrogen (secondary N) is 2. The van der Waals surface area contributed by atoms with Gasteiger partial charge in [0.1, 0.15) is 5.65 Å². The first-order chi connectivity index (χ1) is 21.1. The second-order valence-electron chi connectivity index (χ2n) is 11.0. The van der Waals surface area contributed by atoms with Crippen LogP contribution < -0.4 is 28.2 Å². The van der Waals surface area contributed by atoms with Crippen molar-refractivity contribution in [2.45, 2.75) is 71.1 Å². The van der Waals surface area contributed by atoms with E-state index in [1.165, 1.54) is 4.57 Å². The van der Waals surface area contributed by atoms with Gasteiger partial charge < -0.3 is 32.6 Å². The molecule has 1 aromatic carbocycles. The van der Waals surface area contributed by atoms with Crippen LogP contribution in [0.3, 0.4) is 0 Å². The fourth-order valence-electron chi connectivity index (χ4n) is 5.21. The SMILES string of the molecule is CCCC(NCCCN=C(N)N)c1ncc(-n2cc3cc(-c4cc(CCCC(C)N)cc(Cl)c4F)[nH]c3nc2=O)cc1CO. The molecular formula is C31H41ClFN9O2. The molecule has 0 spiro atoms. The summed E-state index contributed by atoms with van der Waals surface area (Å²) in [4.78, 5) is 29.0. The van der Waals surface area contributed by atoms with Gasteiger partial charge in [-0.3, -0.25) is 14.5 Å². The monoisotopic (exact) mass is 625 g/mol. The van der Waals surface area contributed by atoms with E-state index >= 15 is 4.39 Å². The molecule has 4 aromatic rings. The Balaban J connectivity index is 1.62. The molecule has 11 nitrogen and oxygen atoms in total. The number of guanidine groups is 1. The van der Waals surface area contributed by atoms with E-state index < -0.39 is 11.5 Å². The van der Waals surface area contributed by atoms with Gasteiger partial charge in [-0.2, -0.15) is 4.98 Å². The minimum atomic E-state index is -0.553. The normalized spacial score (nSPS) is 12.9. The van der Waals surface area contributed by atoms with Gasteiger partial charge in [0.05, 0.1) is 34.9 Å². The Labute approximate surface area is 260 Å². The third-order valence-electron chi connectivity index (χ3n) is 7.37. The number of rotatable bonds is 15. The van der Waals surface area contributed by atoms with E-state index in [0.29, 0.717) is 58.7 Å². The molecule has 3 heterocycles. The first-order valence-electron chi connectivity index (χ1n) is 14.9. The Morgan fingerprint density at radius 3 is 2.73 bits per heavy atom. The Bertz CT molecular complexity index is 1660. The summed E-state index contributed by atoms with van der Waals surface area (Å²) in [6.07, 6.45) is 8.05. The molecule has 0 fully saturated rings. The molecule has 0 aliphatic carbocycles. The molecule has 0 aliphatic heterocycles. The molecule has 0 radical (unpaired) electrons. The molecule has 4 rings (SSSR count). The number of H-pyrrole nitrogens is 1. The van der Waals surface area contributed by atoms with Crippen molar-refractivity contribution in [1.82, 2.24) is 24.8 Å². The lowest BCUT2D eigenvalue weighted by Crippen LogP contribution is -2.27. The van der Waals surface area contributed by atoms with Gasteiger partial charge in [0, 0.05) is 41.3 Å². The van der Waals surface area contributed by atoms with Gasteiger partial charge in [-0.05, 0) is 75.4 Å². The number of aliphatic imine (C=N–C) groups is 1. The number of aromatic amines is 1. The second-order valence-corrected chi connectivity index (χ2v) is 11.4. The van der Waals surface area contributed by atoms with Crippen LogP contribution in [0.4, 0.5) is 4.39 Å². The maximum Gasteiger partial charge on any atom is 0.354 e. The summed E-state index contributed by atoms with van der Waals surface area (Å²) in [5.74, 6) is -0.494. The van der Waals surface area contributed by atoms with Gasteiger partial charge in [-0.1, -0.05) is 24.9 Å². The van der Waals surface area contributed by atoms with Crippen molar-refractivity contribution in [2.24, 2.45) is 22.2 Å². The minimum absolute atomic E-state index is 0.0248. The van der Waals surface area contributed by atoms with Crippen LogP contribution in [0.5, 0.6) is 0 Å². The summed E-state index contributed by atoms with van der Waals surface area (Å²) in [7, 11) is 0. The Morgan fingerprint density at radius 2 is 2.02 bits per heavy atom. The highest BCUT2D eigenvalue weighted by atomic mass is 35.5. The van der Waals surface area contributed by atoms with Crippen LogP contribution in [0, 0.1) is 5.82 Å². The van der Waals surface area contributed by atoms with E-state index in [4.69, 9.17) is 28.8 Å². The van der Waals surface area contributed by atoms with Crippen LogP contribution in [-0.4, -0.2) is 49.7 Å². The summed E-state index contributed by atoms with van der Waals surface area (Å²) in [6.45, 7) is 4.93. The average Bonchev–Trinajstić information content (AvgIpc) is 3.39. The Morgan fingerprint density at radius 1 is 1.23 bits per heavy atom. The summed E-state index contributed by atoms with van der Waals surface area (Å²) >= 11 is 6.25. The van der Waals surface area contributed by atoms with E-state index in [0.717, 1.165) is 37.7 Å². The smallest absolute Gasteiger partial charge is 0.354 e. The van der Waals surface area contributed by atoms with Crippen LogP contribution in [0.1, 0.15) is 68.8 Å². The molecular weight excluding hydrogens is 585 g/mol. The highest BCUT2D eigenvalue weighted by Crippen LogP contribution is 2.31. The predicted molar refractivity (Wildman–Crippen MR) is 173 cm³/mol. The molecule has 3 aromatic heterocycles. The highest BCUT2D eigenvalue weighted by Gasteiger charge is 2.19. The topological polar surface area (TPSA) is 186 Å². The molecule has 9 N–H and O–H groups in total. The first-order valence-corrected chi connectivity index (χ1v) is 15.2. The van der Waals surface area contributed by atoms with Crippen molar-refractivity contribution < 1.29 is 9.50 Å². The third kappa shape index (κ3) is 8.20. The van der Waals surface area contributed by atoms with Crippen LogP contribution in [0.25, 0.3) is 28.0 Å². The summed E-state index contributed by atoms with van der Waals surface area (Å²) < 4.78 is 16.5.